The molecule has 2 aromatic heterocycles. The average Bonchev–Trinajstić information content (AvgIpc) is 2.73. The van der Waals surface area contributed by atoms with E-state index in [0.29, 0.717) is 23.6 Å². The van der Waals surface area contributed by atoms with Crippen molar-refractivity contribution >= 4 is 23.0 Å². The standard InChI is InChI=1S/C11H16N6O2/c1-4-13-9(18)6(2)17-8-7(16-11(17)12)10(19-3)15-5-14-8/h5-6H,4H2,1-3H3,(H2,12,16)(H,13,18). The summed E-state index contributed by atoms with van der Waals surface area (Å²) in [6.45, 7) is 4.14. The minimum absolute atomic E-state index is 0.147. The third-order valence-electron chi connectivity index (χ3n) is 2.78. The highest BCUT2D eigenvalue weighted by molar-refractivity contribution is 5.85. The van der Waals surface area contributed by atoms with Gasteiger partial charge in [0.1, 0.15) is 12.4 Å². The first-order valence-electron chi connectivity index (χ1n) is 5.90. The summed E-state index contributed by atoms with van der Waals surface area (Å²) in [5.74, 6) is 0.386. The number of imidazole rings is 1. The van der Waals surface area contributed by atoms with Crippen LogP contribution in [0, 0.1) is 0 Å². The Labute approximate surface area is 110 Å². The third-order valence-corrected chi connectivity index (χ3v) is 2.78. The second-order valence-electron chi connectivity index (χ2n) is 3.97. The summed E-state index contributed by atoms with van der Waals surface area (Å²) in [6.07, 6.45) is 1.35. The molecule has 0 spiro atoms. The van der Waals surface area contributed by atoms with Crippen LogP contribution < -0.4 is 15.8 Å². The van der Waals surface area contributed by atoms with E-state index >= 15 is 0 Å². The highest BCUT2D eigenvalue weighted by Gasteiger charge is 2.22. The van der Waals surface area contributed by atoms with E-state index < -0.39 is 6.04 Å². The van der Waals surface area contributed by atoms with Gasteiger partial charge >= 0.3 is 0 Å². The molecule has 3 N–H and O–H groups in total. The minimum Gasteiger partial charge on any atom is -0.479 e. The first-order valence-corrected chi connectivity index (χ1v) is 5.90. The molecule has 2 rings (SSSR count). The van der Waals surface area contributed by atoms with Crippen LogP contribution in [0.5, 0.6) is 5.88 Å². The summed E-state index contributed by atoms with van der Waals surface area (Å²) in [7, 11) is 1.49. The lowest BCUT2D eigenvalue weighted by Gasteiger charge is -2.14. The van der Waals surface area contributed by atoms with E-state index in [2.05, 4.69) is 20.3 Å². The molecule has 1 amide bonds. The van der Waals surface area contributed by atoms with Crippen LogP contribution in [-0.4, -0.2) is 39.1 Å². The number of nitrogens with one attached hydrogen (secondary N) is 1. The lowest BCUT2D eigenvalue weighted by atomic mass is 10.3. The summed E-state index contributed by atoms with van der Waals surface area (Å²) >= 11 is 0. The number of aromatic nitrogens is 4. The molecule has 1 atom stereocenters. The van der Waals surface area contributed by atoms with Gasteiger partial charge in [-0.2, -0.15) is 4.98 Å². The second kappa shape index (κ2) is 5.09. The fourth-order valence-electron chi connectivity index (χ4n) is 1.88. The van der Waals surface area contributed by atoms with Crippen LogP contribution in [0.15, 0.2) is 6.33 Å². The molecular formula is C11H16N6O2. The number of hydrogen-bond donors (Lipinski definition) is 2. The third kappa shape index (κ3) is 2.16. The van der Waals surface area contributed by atoms with E-state index in [1.54, 1.807) is 11.5 Å². The average molecular weight is 264 g/mol. The number of ether oxygens (including phenoxy) is 1. The normalized spacial score (nSPS) is 12.4. The number of hydrogen-bond acceptors (Lipinski definition) is 6. The molecule has 0 aliphatic rings. The zero-order valence-corrected chi connectivity index (χ0v) is 11.0. The first-order chi connectivity index (χ1) is 9.10. The Balaban J connectivity index is 2.54. The topological polar surface area (TPSA) is 108 Å². The number of nitrogens with zero attached hydrogens (tertiary/aromatic N) is 4. The first kappa shape index (κ1) is 13.1. The van der Waals surface area contributed by atoms with Crippen LogP contribution in [-0.2, 0) is 4.79 Å². The minimum atomic E-state index is -0.510. The largest absolute Gasteiger partial charge is 0.479 e. The quantitative estimate of drug-likeness (QED) is 0.811. The lowest BCUT2D eigenvalue weighted by molar-refractivity contribution is -0.123. The van der Waals surface area contributed by atoms with Crippen LogP contribution >= 0.6 is 0 Å². The molecule has 0 aliphatic carbocycles. The van der Waals surface area contributed by atoms with Crippen molar-refractivity contribution in [2.45, 2.75) is 19.9 Å². The van der Waals surface area contributed by atoms with Gasteiger partial charge in [0.15, 0.2) is 11.2 Å². The Hall–Kier alpha value is -2.38. The Bertz CT molecular complexity index is 608. The van der Waals surface area contributed by atoms with Crippen LogP contribution in [0.2, 0.25) is 0 Å². The van der Waals surface area contributed by atoms with Gasteiger partial charge in [0.25, 0.3) is 0 Å². The number of nitrogens with two attached hydrogens (primary N) is 1. The van der Waals surface area contributed by atoms with Gasteiger partial charge < -0.3 is 15.8 Å². The van der Waals surface area contributed by atoms with Gasteiger partial charge in [0, 0.05) is 6.54 Å². The van der Waals surface area contributed by atoms with Gasteiger partial charge in [-0.3, -0.25) is 9.36 Å². The SMILES string of the molecule is CCNC(=O)C(C)n1c(N)nc2c(OC)ncnc21. The molecule has 19 heavy (non-hydrogen) atoms. The van der Waals surface area contributed by atoms with Crippen molar-refractivity contribution in [3.8, 4) is 5.88 Å². The molecule has 8 heteroatoms. The maximum absolute atomic E-state index is 11.9. The van der Waals surface area contributed by atoms with E-state index in [-0.39, 0.29) is 11.9 Å². The van der Waals surface area contributed by atoms with E-state index in [1.165, 1.54) is 13.4 Å². The fraction of sp³-hybridized carbons (Fsp3) is 0.455. The van der Waals surface area contributed by atoms with Crippen molar-refractivity contribution in [2.24, 2.45) is 0 Å². The smallest absolute Gasteiger partial charge is 0.245 e. The Morgan fingerprint density at radius 1 is 1.58 bits per heavy atom. The molecular weight excluding hydrogens is 248 g/mol. The zero-order chi connectivity index (χ0) is 14.0. The van der Waals surface area contributed by atoms with Crippen LogP contribution in [0.25, 0.3) is 11.2 Å². The highest BCUT2D eigenvalue weighted by Crippen LogP contribution is 2.25. The van der Waals surface area contributed by atoms with Gasteiger partial charge in [-0.05, 0) is 13.8 Å². The summed E-state index contributed by atoms with van der Waals surface area (Å²) in [4.78, 5) is 24.1. The Morgan fingerprint density at radius 3 is 2.95 bits per heavy atom. The fourth-order valence-corrected chi connectivity index (χ4v) is 1.88. The molecule has 0 aliphatic heterocycles. The summed E-state index contributed by atoms with van der Waals surface area (Å²) < 4.78 is 6.66. The van der Waals surface area contributed by atoms with Crippen molar-refractivity contribution in [1.82, 2.24) is 24.8 Å². The van der Waals surface area contributed by atoms with Gasteiger partial charge in [-0.15, -0.1) is 0 Å². The molecule has 0 saturated carbocycles. The maximum Gasteiger partial charge on any atom is 0.245 e. The summed E-state index contributed by atoms with van der Waals surface area (Å²) in [5, 5.41) is 2.74. The molecule has 0 radical (unpaired) electrons. The van der Waals surface area contributed by atoms with Crippen LogP contribution in [0.1, 0.15) is 19.9 Å². The second-order valence-corrected chi connectivity index (χ2v) is 3.97. The van der Waals surface area contributed by atoms with E-state index in [4.69, 9.17) is 10.5 Å². The van der Waals surface area contributed by atoms with Crippen LogP contribution in [0.4, 0.5) is 5.95 Å². The number of fused-ring (bicyclic) bond motifs is 1. The van der Waals surface area contributed by atoms with Crippen LogP contribution in [0.3, 0.4) is 0 Å². The van der Waals surface area contributed by atoms with E-state index in [9.17, 15) is 4.79 Å². The number of rotatable bonds is 4. The monoisotopic (exact) mass is 264 g/mol. The molecule has 0 saturated heterocycles. The van der Waals surface area contributed by atoms with E-state index in [1.807, 2.05) is 6.92 Å². The summed E-state index contributed by atoms with van der Waals surface area (Å²) in [5.41, 5.74) is 6.78. The number of anilines is 1. The molecule has 102 valence electrons. The van der Waals surface area contributed by atoms with Crippen molar-refractivity contribution in [1.29, 1.82) is 0 Å². The van der Waals surface area contributed by atoms with Crippen molar-refractivity contribution < 1.29 is 9.53 Å². The molecule has 2 aromatic rings. The highest BCUT2D eigenvalue weighted by atomic mass is 16.5. The Morgan fingerprint density at radius 2 is 2.32 bits per heavy atom. The maximum atomic E-state index is 11.9. The number of nitrogen functional groups attached to an aromatic ring is 1. The van der Waals surface area contributed by atoms with Gasteiger partial charge in [-0.25, -0.2) is 9.97 Å². The number of carbonyl (C=O) groups excluding carboxylic acids is 1. The summed E-state index contributed by atoms with van der Waals surface area (Å²) in [6, 6.07) is -0.510. The predicted molar refractivity (Wildman–Crippen MR) is 69.7 cm³/mol. The number of carbonyl (C=O) groups is 1. The number of methoxy groups -OCH3 is 1. The number of amides is 1. The molecule has 8 nitrogen and oxygen atoms in total. The van der Waals surface area contributed by atoms with Gasteiger partial charge in [0.05, 0.1) is 7.11 Å². The zero-order valence-electron chi connectivity index (χ0n) is 11.0. The molecule has 0 fully saturated rings. The molecule has 0 aromatic carbocycles. The van der Waals surface area contributed by atoms with Gasteiger partial charge in [0.2, 0.25) is 17.7 Å². The molecule has 1 unspecified atom stereocenters. The van der Waals surface area contributed by atoms with Crippen molar-refractivity contribution in [3.05, 3.63) is 6.33 Å². The van der Waals surface area contributed by atoms with Crippen molar-refractivity contribution in [3.63, 3.8) is 0 Å². The van der Waals surface area contributed by atoms with Crippen molar-refractivity contribution in [2.75, 3.05) is 19.4 Å². The Kier molecular flexibility index (Phi) is 3.50. The predicted octanol–water partition coefficient (Wildman–Crippen LogP) is 0.114. The number of likely N-dealkylation sites (N-methyl/N-ethyl adjacent to an activating group) is 1. The lowest BCUT2D eigenvalue weighted by Crippen LogP contribution is -2.31. The molecule has 0 bridgehead atoms. The van der Waals surface area contributed by atoms with Gasteiger partial charge in [-0.1, -0.05) is 0 Å². The van der Waals surface area contributed by atoms with E-state index in [0.717, 1.165) is 0 Å². The molecule has 2 heterocycles.